The van der Waals surface area contributed by atoms with Gasteiger partial charge in [0.05, 0.1) is 6.54 Å². The number of rotatable bonds is 5. The minimum absolute atomic E-state index is 0.184. The third-order valence-electron chi connectivity index (χ3n) is 7.87. The average Bonchev–Trinajstić information content (AvgIpc) is 3.00. The molecule has 2 aliphatic rings. The van der Waals surface area contributed by atoms with Gasteiger partial charge in [-0.05, 0) is 44.1 Å². The van der Waals surface area contributed by atoms with Crippen LogP contribution in [0.15, 0.2) is 30.3 Å². The SMILES string of the molecule is CC(C)[C@H]1NC(=O)[C@@H](NC(=O)C2CCOCC2)CCCNC(=O)CN(C)C(=O)[C@H](Cc2ccccc2)NC(=O)[C@@H](C)NC1=O. The molecule has 44 heavy (non-hydrogen) atoms. The molecular weight excluding hydrogens is 568 g/mol. The highest BCUT2D eigenvalue weighted by Crippen LogP contribution is 2.16. The lowest BCUT2D eigenvalue weighted by molar-refractivity contribution is -0.139. The maximum absolute atomic E-state index is 13.5. The summed E-state index contributed by atoms with van der Waals surface area (Å²) < 4.78 is 5.34. The third-order valence-corrected chi connectivity index (χ3v) is 7.87. The Morgan fingerprint density at radius 1 is 0.955 bits per heavy atom. The van der Waals surface area contributed by atoms with Gasteiger partial charge in [-0.3, -0.25) is 28.8 Å². The van der Waals surface area contributed by atoms with Crippen LogP contribution in [0.1, 0.15) is 52.0 Å². The number of ether oxygens (including phenoxy) is 1. The molecule has 2 heterocycles. The van der Waals surface area contributed by atoms with Crippen molar-refractivity contribution in [1.82, 2.24) is 31.5 Å². The molecular formula is C31H46N6O7. The second-order valence-corrected chi connectivity index (χ2v) is 11.8. The second kappa shape index (κ2) is 16.7. The quantitative estimate of drug-likeness (QED) is 0.301. The van der Waals surface area contributed by atoms with Crippen molar-refractivity contribution in [2.24, 2.45) is 11.8 Å². The van der Waals surface area contributed by atoms with Gasteiger partial charge in [0.15, 0.2) is 0 Å². The average molecular weight is 615 g/mol. The van der Waals surface area contributed by atoms with Gasteiger partial charge in [-0.15, -0.1) is 0 Å². The van der Waals surface area contributed by atoms with Crippen molar-refractivity contribution in [3.05, 3.63) is 35.9 Å². The number of benzene rings is 1. The minimum Gasteiger partial charge on any atom is -0.381 e. The Labute approximate surface area is 258 Å². The van der Waals surface area contributed by atoms with Crippen LogP contribution < -0.4 is 26.6 Å². The number of hydrogen-bond donors (Lipinski definition) is 5. The zero-order chi connectivity index (χ0) is 32.2. The largest absolute Gasteiger partial charge is 0.381 e. The van der Waals surface area contributed by atoms with E-state index in [0.29, 0.717) is 32.5 Å². The summed E-state index contributed by atoms with van der Waals surface area (Å²) in [6.07, 6.45) is 1.85. The highest BCUT2D eigenvalue weighted by molar-refractivity contribution is 5.96. The Morgan fingerprint density at radius 2 is 1.64 bits per heavy atom. The molecule has 3 rings (SSSR count). The molecule has 0 spiro atoms. The van der Waals surface area contributed by atoms with Gasteiger partial charge in [0.2, 0.25) is 35.4 Å². The summed E-state index contributed by atoms with van der Waals surface area (Å²) in [4.78, 5) is 80.3. The Balaban J connectivity index is 1.82. The molecule has 6 amide bonds. The number of likely N-dealkylation sites (N-methyl/N-ethyl adjacent to an activating group) is 1. The van der Waals surface area contributed by atoms with Crippen LogP contribution in [0.4, 0.5) is 0 Å². The molecule has 2 fully saturated rings. The Hall–Kier alpha value is -4.00. The molecule has 0 aromatic heterocycles. The van der Waals surface area contributed by atoms with Gasteiger partial charge in [-0.1, -0.05) is 44.2 Å². The highest BCUT2D eigenvalue weighted by Gasteiger charge is 2.33. The standard InChI is InChI=1S/C31H46N6O7/c1-19(2)26-30(42)33-20(3)27(39)35-24(17-21-9-6-5-7-10-21)31(43)37(4)18-25(38)32-14-8-11-23(29(41)36-26)34-28(40)22-12-15-44-16-13-22/h5-7,9-10,19-20,22-24,26H,8,11-18H2,1-4H3,(H,32,38)(H,33,42)(H,34,40)(H,35,39)(H,36,41)/t20-,23+,24+,26-/m1/s1. The summed E-state index contributed by atoms with van der Waals surface area (Å²) in [5, 5.41) is 13.7. The van der Waals surface area contributed by atoms with E-state index in [-0.39, 0.29) is 43.7 Å². The first-order valence-electron chi connectivity index (χ1n) is 15.3. The summed E-state index contributed by atoms with van der Waals surface area (Å²) in [6.45, 7) is 5.90. The number of carbonyl (C=O) groups is 6. The molecule has 0 bridgehead atoms. The predicted molar refractivity (Wildman–Crippen MR) is 162 cm³/mol. The van der Waals surface area contributed by atoms with Gasteiger partial charge in [0, 0.05) is 39.1 Å². The molecule has 0 aliphatic carbocycles. The Morgan fingerprint density at radius 3 is 2.30 bits per heavy atom. The summed E-state index contributed by atoms with van der Waals surface area (Å²) in [5.41, 5.74) is 0.809. The molecule has 1 aromatic rings. The van der Waals surface area contributed by atoms with E-state index < -0.39 is 53.7 Å². The zero-order valence-electron chi connectivity index (χ0n) is 26.0. The third kappa shape index (κ3) is 10.3. The highest BCUT2D eigenvalue weighted by atomic mass is 16.5. The first-order valence-corrected chi connectivity index (χ1v) is 15.3. The van der Waals surface area contributed by atoms with Crippen LogP contribution in [0.3, 0.4) is 0 Å². The van der Waals surface area contributed by atoms with E-state index in [4.69, 9.17) is 4.74 Å². The van der Waals surface area contributed by atoms with Crippen LogP contribution >= 0.6 is 0 Å². The van der Waals surface area contributed by atoms with Gasteiger partial charge in [0.1, 0.15) is 24.2 Å². The summed E-state index contributed by atoms with van der Waals surface area (Å²) in [5.74, 6) is -3.44. The second-order valence-electron chi connectivity index (χ2n) is 11.8. The zero-order valence-corrected chi connectivity index (χ0v) is 26.0. The van der Waals surface area contributed by atoms with Gasteiger partial charge in [-0.2, -0.15) is 0 Å². The van der Waals surface area contributed by atoms with E-state index in [1.165, 1.54) is 18.9 Å². The molecule has 0 radical (unpaired) electrons. The maximum Gasteiger partial charge on any atom is 0.245 e. The number of nitrogens with zero attached hydrogens (tertiary/aromatic N) is 1. The van der Waals surface area contributed by atoms with Crippen molar-refractivity contribution in [2.45, 2.75) is 77.0 Å². The summed E-state index contributed by atoms with van der Waals surface area (Å²) >= 11 is 0. The van der Waals surface area contributed by atoms with Crippen LogP contribution in [0.25, 0.3) is 0 Å². The number of hydrogen-bond acceptors (Lipinski definition) is 7. The normalized spacial score (nSPS) is 25.7. The number of amides is 6. The van der Waals surface area contributed by atoms with Gasteiger partial charge in [0.25, 0.3) is 0 Å². The fraction of sp³-hybridized carbons (Fsp3) is 0.613. The van der Waals surface area contributed by atoms with Crippen molar-refractivity contribution in [3.63, 3.8) is 0 Å². The Kier molecular flexibility index (Phi) is 13.1. The molecule has 1 aromatic carbocycles. The van der Waals surface area contributed by atoms with Crippen molar-refractivity contribution in [1.29, 1.82) is 0 Å². The molecule has 5 N–H and O–H groups in total. The van der Waals surface area contributed by atoms with E-state index in [1.807, 2.05) is 30.3 Å². The number of carbonyl (C=O) groups excluding carboxylic acids is 6. The smallest absolute Gasteiger partial charge is 0.245 e. The summed E-state index contributed by atoms with van der Waals surface area (Å²) in [7, 11) is 1.48. The van der Waals surface area contributed by atoms with E-state index in [2.05, 4.69) is 26.6 Å². The monoisotopic (exact) mass is 614 g/mol. The van der Waals surface area contributed by atoms with Crippen LogP contribution in [0.2, 0.25) is 0 Å². The topological polar surface area (TPSA) is 175 Å². The molecule has 0 unspecified atom stereocenters. The van der Waals surface area contributed by atoms with Gasteiger partial charge < -0.3 is 36.2 Å². The van der Waals surface area contributed by atoms with Crippen LogP contribution in [0.5, 0.6) is 0 Å². The molecule has 13 nitrogen and oxygen atoms in total. The van der Waals surface area contributed by atoms with Crippen LogP contribution in [-0.4, -0.2) is 97.9 Å². The molecule has 13 heteroatoms. The molecule has 242 valence electrons. The fourth-order valence-corrected chi connectivity index (χ4v) is 5.17. The minimum atomic E-state index is -1.04. The van der Waals surface area contributed by atoms with Gasteiger partial charge >= 0.3 is 0 Å². The van der Waals surface area contributed by atoms with Gasteiger partial charge in [-0.25, -0.2) is 0 Å². The molecule has 0 saturated carbocycles. The van der Waals surface area contributed by atoms with E-state index >= 15 is 0 Å². The maximum atomic E-state index is 13.5. The molecule has 2 aliphatic heterocycles. The lowest BCUT2D eigenvalue weighted by Gasteiger charge is -2.29. The van der Waals surface area contributed by atoms with Crippen molar-refractivity contribution in [2.75, 3.05) is 33.4 Å². The molecule has 4 atom stereocenters. The first kappa shape index (κ1) is 34.5. The summed E-state index contributed by atoms with van der Waals surface area (Å²) in [6, 6.07) is 5.19. The fourth-order valence-electron chi connectivity index (χ4n) is 5.17. The van der Waals surface area contributed by atoms with Crippen LogP contribution in [0, 0.1) is 11.8 Å². The van der Waals surface area contributed by atoms with E-state index in [0.717, 1.165) is 5.56 Å². The van der Waals surface area contributed by atoms with Crippen molar-refractivity contribution < 1.29 is 33.5 Å². The lowest BCUT2D eigenvalue weighted by atomic mass is 9.98. The molecule has 2 saturated heterocycles. The Bertz CT molecular complexity index is 1170. The first-order chi connectivity index (χ1) is 21.0. The predicted octanol–water partition coefficient (Wildman–Crippen LogP) is -0.361. The lowest BCUT2D eigenvalue weighted by Crippen LogP contribution is -2.59. The number of nitrogens with one attached hydrogen (secondary N) is 5. The van der Waals surface area contributed by atoms with E-state index in [9.17, 15) is 28.8 Å². The van der Waals surface area contributed by atoms with E-state index in [1.54, 1.807) is 13.8 Å². The van der Waals surface area contributed by atoms with Crippen molar-refractivity contribution in [3.8, 4) is 0 Å². The van der Waals surface area contributed by atoms with Crippen LogP contribution in [-0.2, 0) is 39.9 Å². The van der Waals surface area contributed by atoms with Crippen molar-refractivity contribution >= 4 is 35.4 Å².